The van der Waals surface area contributed by atoms with E-state index in [9.17, 15) is 23.3 Å². The number of anilines is 1. The van der Waals surface area contributed by atoms with Crippen LogP contribution in [0.5, 0.6) is 0 Å². The van der Waals surface area contributed by atoms with Crippen LogP contribution < -0.4 is 5.32 Å². The molecule has 2 heterocycles. The lowest BCUT2D eigenvalue weighted by Crippen LogP contribution is -2.35. The number of non-ortho nitro benzene ring substituents is 1. The zero-order valence-corrected chi connectivity index (χ0v) is 16.9. The predicted molar refractivity (Wildman–Crippen MR) is 108 cm³/mol. The van der Waals surface area contributed by atoms with Crippen LogP contribution in [0.2, 0.25) is 0 Å². The van der Waals surface area contributed by atoms with Gasteiger partial charge in [0.15, 0.2) is 0 Å². The minimum atomic E-state index is -3.87. The van der Waals surface area contributed by atoms with Crippen LogP contribution in [0, 0.1) is 17.0 Å². The third-order valence-corrected chi connectivity index (χ3v) is 5.90. The van der Waals surface area contributed by atoms with E-state index in [0.717, 1.165) is 4.31 Å². The van der Waals surface area contributed by atoms with Gasteiger partial charge in [-0.05, 0) is 31.2 Å². The predicted octanol–water partition coefficient (Wildman–Crippen LogP) is 1.74. The lowest BCUT2D eigenvalue weighted by molar-refractivity contribution is -0.384. The van der Waals surface area contributed by atoms with Crippen LogP contribution in [0.15, 0.2) is 59.8 Å². The normalized spacial score (nSPS) is 11.4. The topological polar surface area (TPSA) is 140 Å². The number of sulfonamides is 1. The number of hydrogen-bond donors (Lipinski definition) is 1. The fourth-order valence-electron chi connectivity index (χ4n) is 2.65. The fraction of sp³-hybridized carbons (Fsp3) is 0.167. The van der Waals surface area contributed by atoms with Crippen LogP contribution >= 0.6 is 0 Å². The van der Waals surface area contributed by atoms with E-state index in [1.807, 2.05) is 0 Å². The second-order valence-corrected chi connectivity index (χ2v) is 8.40. The van der Waals surface area contributed by atoms with Crippen molar-refractivity contribution in [3.8, 4) is 5.69 Å². The molecule has 1 aromatic carbocycles. The van der Waals surface area contributed by atoms with E-state index in [1.165, 1.54) is 60.5 Å². The van der Waals surface area contributed by atoms with Crippen LogP contribution in [0.3, 0.4) is 0 Å². The number of carbonyl (C=O) groups is 1. The maximum Gasteiger partial charge on any atom is 0.269 e. The molecule has 0 saturated carbocycles. The molecule has 3 aromatic rings. The quantitative estimate of drug-likeness (QED) is 0.445. The van der Waals surface area contributed by atoms with Crippen molar-refractivity contribution < 1.29 is 18.1 Å². The van der Waals surface area contributed by atoms with E-state index >= 15 is 0 Å². The summed E-state index contributed by atoms with van der Waals surface area (Å²) in [4.78, 5) is 26.5. The number of aromatic nitrogens is 3. The van der Waals surface area contributed by atoms with Crippen molar-refractivity contribution in [2.45, 2.75) is 11.8 Å². The zero-order valence-electron chi connectivity index (χ0n) is 16.1. The van der Waals surface area contributed by atoms with E-state index in [2.05, 4.69) is 15.4 Å². The minimum absolute atomic E-state index is 0.0212. The Labute approximate surface area is 172 Å². The monoisotopic (exact) mass is 430 g/mol. The average molecular weight is 430 g/mol. The first kappa shape index (κ1) is 21.1. The fourth-order valence-corrected chi connectivity index (χ4v) is 3.74. The highest BCUT2D eigenvalue weighted by Crippen LogP contribution is 2.20. The van der Waals surface area contributed by atoms with Crippen LogP contribution in [-0.2, 0) is 14.8 Å². The molecule has 0 atom stereocenters. The van der Waals surface area contributed by atoms with Gasteiger partial charge in [-0.15, -0.1) is 0 Å². The standard InChI is InChI=1S/C18H18N6O5S/c1-13-10-17(23(21-13)14-5-7-15(8-6-14)24(26)27)20-18(25)12-22(2)30(28,29)16-4-3-9-19-11-16/h3-11H,12H2,1-2H3,(H,20,25). The number of nitrogens with one attached hydrogen (secondary N) is 1. The molecule has 1 N–H and O–H groups in total. The molecular weight excluding hydrogens is 412 g/mol. The summed E-state index contributed by atoms with van der Waals surface area (Å²) in [5, 5.41) is 17.7. The van der Waals surface area contributed by atoms with Crippen LogP contribution in [0.4, 0.5) is 11.5 Å². The van der Waals surface area contributed by atoms with Crippen molar-refractivity contribution in [1.29, 1.82) is 0 Å². The first-order chi connectivity index (χ1) is 14.2. The summed E-state index contributed by atoms with van der Waals surface area (Å²) in [5.74, 6) is -0.272. The van der Waals surface area contributed by atoms with E-state index < -0.39 is 27.4 Å². The number of nitro benzene ring substituents is 1. The number of pyridine rings is 1. The zero-order chi connectivity index (χ0) is 21.9. The molecule has 0 fully saturated rings. The molecule has 156 valence electrons. The largest absolute Gasteiger partial charge is 0.309 e. The number of nitro groups is 1. The number of carbonyl (C=O) groups excluding carboxylic acids is 1. The van der Waals surface area contributed by atoms with Gasteiger partial charge in [-0.2, -0.15) is 9.40 Å². The number of aryl methyl sites for hydroxylation is 1. The Hall–Kier alpha value is -3.64. The van der Waals surface area contributed by atoms with E-state index in [1.54, 1.807) is 13.0 Å². The Bertz CT molecular complexity index is 1180. The molecule has 30 heavy (non-hydrogen) atoms. The Morgan fingerprint density at radius 3 is 2.57 bits per heavy atom. The first-order valence-corrected chi connectivity index (χ1v) is 10.1. The third kappa shape index (κ3) is 4.50. The Kier molecular flexibility index (Phi) is 5.89. The van der Waals surface area contributed by atoms with E-state index in [-0.39, 0.29) is 10.6 Å². The SMILES string of the molecule is Cc1cc(NC(=O)CN(C)S(=O)(=O)c2cccnc2)n(-c2ccc([N+](=O)[O-])cc2)n1. The summed E-state index contributed by atoms with van der Waals surface area (Å²) in [6, 6.07) is 10.1. The van der Waals surface area contributed by atoms with Crippen molar-refractivity contribution in [1.82, 2.24) is 19.1 Å². The van der Waals surface area contributed by atoms with Gasteiger partial charge in [-0.25, -0.2) is 13.1 Å². The molecule has 3 rings (SSSR count). The van der Waals surface area contributed by atoms with Crippen molar-refractivity contribution in [3.05, 3.63) is 70.7 Å². The van der Waals surface area contributed by atoms with Gasteiger partial charge in [-0.3, -0.25) is 19.9 Å². The molecule has 0 aliphatic heterocycles. The number of hydrogen-bond acceptors (Lipinski definition) is 7. The molecule has 1 amide bonds. The molecule has 0 aliphatic carbocycles. The van der Waals surface area contributed by atoms with Gasteiger partial charge in [-0.1, -0.05) is 0 Å². The summed E-state index contributed by atoms with van der Waals surface area (Å²) in [7, 11) is -2.58. The maximum atomic E-state index is 12.5. The molecule has 0 radical (unpaired) electrons. The first-order valence-electron chi connectivity index (χ1n) is 8.66. The highest BCUT2D eigenvalue weighted by atomic mass is 32.2. The molecule has 12 heteroatoms. The summed E-state index contributed by atoms with van der Waals surface area (Å²) < 4.78 is 27.4. The molecule has 0 unspecified atom stereocenters. The number of nitrogens with zero attached hydrogens (tertiary/aromatic N) is 5. The van der Waals surface area contributed by atoms with Gasteiger partial charge in [0.2, 0.25) is 15.9 Å². The summed E-state index contributed by atoms with van der Waals surface area (Å²) >= 11 is 0. The summed E-state index contributed by atoms with van der Waals surface area (Å²) in [6.45, 7) is 1.29. The second-order valence-electron chi connectivity index (χ2n) is 6.35. The van der Waals surface area contributed by atoms with Gasteiger partial charge in [0.05, 0.1) is 22.8 Å². The smallest absolute Gasteiger partial charge is 0.269 e. The van der Waals surface area contributed by atoms with Gasteiger partial charge < -0.3 is 5.32 Å². The molecule has 11 nitrogen and oxygen atoms in total. The Balaban J connectivity index is 1.77. The van der Waals surface area contributed by atoms with Gasteiger partial charge in [0.25, 0.3) is 5.69 Å². The Morgan fingerprint density at radius 1 is 1.27 bits per heavy atom. The van der Waals surface area contributed by atoms with Crippen molar-refractivity contribution in [3.63, 3.8) is 0 Å². The molecule has 0 aliphatic rings. The lowest BCUT2D eigenvalue weighted by Gasteiger charge is -2.17. The molecule has 0 saturated heterocycles. The lowest BCUT2D eigenvalue weighted by atomic mass is 10.3. The number of amides is 1. The van der Waals surface area contributed by atoms with Crippen molar-refractivity contribution in [2.75, 3.05) is 18.9 Å². The van der Waals surface area contributed by atoms with Crippen molar-refractivity contribution >= 4 is 27.4 Å². The maximum absolute atomic E-state index is 12.5. The molecule has 2 aromatic heterocycles. The van der Waals surface area contributed by atoms with Gasteiger partial charge >= 0.3 is 0 Å². The summed E-state index contributed by atoms with van der Waals surface area (Å²) in [5.41, 5.74) is 1.02. The minimum Gasteiger partial charge on any atom is -0.309 e. The number of benzene rings is 1. The Morgan fingerprint density at radius 2 is 1.97 bits per heavy atom. The van der Waals surface area contributed by atoms with E-state index in [4.69, 9.17) is 0 Å². The van der Waals surface area contributed by atoms with Crippen LogP contribution in [0.25, 0.3) is 5.69 Å². The average Bonchev–Trinajstić information content (AvgIpc) is 3.08. The van der Waals surface area contributed by atoms with Crippen LogP contribution in [-0.4, -0.2) is 51.9 Å². The van der Waals surface area contributed by atoms with Crippen molar-refractivity contribution in [2.24, 2.45) is 0 Å². The summed E-state index contributed by atoms with van der Waals surface area (Å²) in [6.07, 6.45) is 2.66. The van der Waals surface area contributed by atoms with Gasteiger partial charge in [0.1, 0.15) is 10.7 Å². The third-order valence-electron chi connectivity index (χ3n) is 4.11. The molecular formula is C18H18N6O5S. The second kappa shape index (κ2) is 8.39. The van der Waals surface area contributed by atoms with Crippen LogP contribution in [0.1, 0.15) is 5.69 Å². The van der Waals surface area contributed by atoms with E-state index in [0.29, 0.717) is 17.2 Å². The number of likely N-dealkylation sites (N-methyl/N-ethyl adjacent to an activating group) is 1. The highest BCUT2D eigenvalue weighted by molar-refractivity contribution is 7.89. The number of rotatable bonds is 7. The molecule has 0 spiro atoms. The molecule has 0 bridgehead atoms. The van der Waals surface area contributed by atoms with Gasteiger partial charge in [0, 0.05) is 37.6 Å². The highest BCUT2D eigenvalue weighted by Gasteiger charge is 2.23.